The van der Waals surface area contributed by atoms with E-state index >= 15 is 0 Å². The molecule has 0 N–H and O–H groups in total. The van der Waals surface area contributed by atoms with Gasteiger partial charge >= 0.3 is 0 Å². The first-order valence-corrected chi connectivity index (χ1v) is 9.77. The molecule has 2 heterocycles. The Bertz CT molecular complexity index is 973. The van der Waals surface area contributed by atoms with Gasteiger partial charge in [-0.15, -0.1) is 0 Å². The minimum absolute atomic E-state index is 0.0428. The predicted octanol–water partition coefficient (Wildman–Crippen LogP) is 1.79. The maximum absolute atomic E-state index is 12.8. The largest absolute Gasteiger partial charge is 0.336 e. The van der Waals surface area contributed by atoms with Crippen molar-refractivity contribution in [3.05, 3.63) is 63.4 Å². The predicted molar refractivity (Wildman–Crippen MR) is 97.0 cm³/mol. The van der Waals surface area contributed by atoms with Gasteiger partial charge in [-0.25, -0.2) is 13.4 Å². The number of benzene rings is 1. The number of pyridine rings is 1. The van der Waals surface area contributed by atoms with Crippen LogP contribution in [-0.4, -0.2) is 59.6 Å². The van der Waals surface area contributed by atoms with E-state index in [9.17, 15) is 23.3 Å². The fraction of sp³-hybridized carbons (Fsp3) is 0.250. The Morgan fingerprint density at radius 2 is 1.78 bits per heavy atom. The van der Waals surface area contributed by atoms with Gasteiger partial charge in [0.25, 0.3) is 11.6 Å². The van der Waals surface area contributed by atoms with Gasteiger partial charge in [0.1, 0.15) is 5.15 Å². The van der Waals surface area contributed by atoms with Gasteiger partial charge in [-0.1, -0.05) is 23.7 Å². The highest BCUT2D eigenvalue weighted by Gasteiger charge is 2.34. The molecule has 1 fully saturated rings. The Morgan fingerprint density at radius 3 is 2.37 bits per heavy atom. The minimum atomic E-state index is -4.03. The standard InChI is InChI=1S/C16H15ClN4O5S/c17-15-6-5-12(11-18-15)16(22)19-7-9-20(10-8-19)27(25,26)14-4-2-1-3-13(14)21(23)24/h1-6,11H,7-10H2. The zero-order valence-electron chi connectivity index (χ0n) is 14.0. The molecule has 0 spiro atoms. The highest BCUT2D eigenvalue weighted by molar-refractivity contribution is 7.89. The van der Waals surface area contributed by atoms with E-state index in [4.69, 9.17) is 11.6 Å². The normalized spacial score (nSPS) is 15.5. The van der Waals surface area contributed by atoms with E-state index in [1.54, 1.807) is 6.07 Å². The quantitative estimate of drug-likeness (QED) is 0.431. The Balaban J connectivity index is 1.74. The van der Waals surface area contributed by atoms with Crippen molar-refractivity contribution in [2.24, 2.45) is 0 Å². The summed E-state index contributed by atoms with van der Waals surface area (Å²) in [6, 6.07) is 8.27. The molecule has 2 aromatic rings. The monoisotopic (exact) mass is 410 g/mol. The van der Waals surface area contributed by atoms with Crippen LogP contribution in [0.15, 0.2) is 47.5 Å². The minimum Gasteiger partial charge on any atom is -0.336 e. The molecule has 1 aromatic carbocycles. The molecule has 0 aliphatic carbocycles. The Labute approximate surface area is 160 Å². The van der Waals surface area contributed by atoms with Crippen LogP contribution >= 0.6 is 11.6 Å². The number of hydrogen-bond acceptors (Lipinski definition) is 6. The van der Waals surface area contributed by atoms with Crippen LogP contribution in [0.25, 0.3) is 0 Å². The van der Waals surface area contributed by atoms with Crippen molar-refractivity contribution < 1.29 is 18.1 Å². The van der Waals surface area contributed by atoms with Crippen molar-refractivity contribution in [1.29, 1.82) is 0 Å². The van der Waals surface area contributed by atoms with E-state index in [-0.39, 0.29) is 42.1 Å². The van der Waals surface area contributed by atoms with Gasteiger partial charge in [0.05, 0.1) is 10.5 Å². The van der Waals surface area contributed by atoms with Gasteiger partial charge in [-0.3, -0.25) is 14.9 Å². The number of nitro groups is 1. The molecule has 9 nitrogen and oxygen atoms in total. The first-order valence-electron chi connectivity index (χ1n) is 7.95. The molecular weight excluding hydrogens is 396 g/mol. The fourth-order valence-electron chi connectivity index (χ4n) is 2.78. The van der Waals surface area contributed by atoms with Gasteiger partial charge < -0.3 is 4.90 Å². The van der Waals surface area contributed by atoms with Crippen molar-refractivity contribution in [2.45, 2.75) is 4.90 Å². The summed E-state index contributed by atoms with van der Waals surface area (Å²) in [6.45, 7) is 0.422. The summed E-state index contributed by atoms with van der Waals surface area (Å²) in [5, 5.41) is 11.4. The third-order valence-electron chi connectivity index (χ3n) is 4.18. The van der Waals surface area contributed by atoms with Crippen LogP contribution in [0.4, 0.5) is 5.69 Å². The summed E-state index contributed by atoms with van der Waals surface area (Å²) in [6.07, 6.45) is 1.36. The van der Waals surface area contributed by atoms with Crippen LogP contribution in [0, 0.1) is 10.1 Å². The van der Waals surface area contributed by atoms with Crippen LogP contribution in [0.3, 0.4) is 0 Å². The summed E-state index contributed by atoms with van der Waals surface area (Å²) < 4.78 is 26.7. The van der Waals surface area contributed by atoms with Crippen molar-refractivity contribution in [3.63, 3.8) is 0 Å². The number of carbonyl (C=O) groups is 1. The third-order valence-corrected chi connectivity index (χ3v) is 6.35. The molecule has 1 aliphatic rings. The van der Waals surface area contributed by atoms with E-state index in [0.29, 0.717) is 5.56 Å². The summed E-state index contributed by atoms with van der Waals surface area (Å²) in [5.74, 6) is -0.276. The van der Waals surface area contributed by atoms with Crippen LogP contribution < -0.4 is 0 Å². The van der Waals surface area contributed by atoms with Gasteiger partial charge in [-0.05, 0) is 18.2 Å². The smallest absolute Gasteiger partial charge is 0.289 e. The first kappa shape index (κ1) is 19.2. The van der Waals surface area contributed by atoms with Crippen LogP contribution in [0.5, 0.6) is 0 Å². The number of nitro benzene ring substituents is 1. The average molecular weight is 411 g/mol. The molecular formula is C16H15ClN4O5S. The highest BCUT2D eigenvalue weighted by Crippen LogP contribution is 2.27. The lowest BCUT2D eigenvalue weighted by atomic mass is 10.2. The van der Waals surface area contributed by atoms with Crippen molar-refractivity contribution in [1.82, 2.24) is 14.2 Å². The van der Waals surface area contributed by atoms with Gasteiger partial charge in [-0.2, -0.15) is 4.31 Å². The average Bonchev–Trinajstić information content (AvgIpc) is 2.68. The van der Waals surface area contributed by atoms with Crippen molar-refractivity contribution in [2.75, 3.05) is 26.2 Å². The highest BCUT2D eigenvalue weighted by atomic mass is 35.5. The molecule has 27 heavy (non-hydrogen) atoms. The van der Waals surface area contributed by atoms with Gasteiger partial charge in [0.15, 0.2) is 4.90 Å². The lowest BCUT2D eigenvalue weighted by Gasteiger charge is -2.33. The zero-order chi connectivity index (χ0) is 19.6. The first-order chi connectivity index (χ1) is 12.8. The van der Waals surface area contributed by atoms with E-state index in [2.05, 4.69) is 4.98 Å². The van der Waals surface area contributed by atoms with Crippen molar-refractivity contribution in [3.8, 4) is 0 Å². The summed E-state index contributed by atoms with van der Waals surface area (Å²) in [7, 11) is -4.03. The second-order valence-electron chi connectivity index (χ2n) is 5.79. The fourth-order valence-corrected chi connectivity index (χ4v) is 4.47. The summed E-state index contributed by atoms with van der Waals surface area (Å²) in [4.78, 5) is 27.9. The molecule has 0 bridgehead atoms. The number of hydrogen-bond donors (Lipinski definition) is 0. The van der Waals surface area contributed by atoms with E-state index < -0.39 is 20.6 Å². The zero-order valence-corrected chi connectivity index (χ0v) is 15.6. The third kappa shape index (κ3) is 3.92. The molecule has 1 aromatic heterocycles. The SMILES string of the molecule is O=C(c1ccc(Cl)nc1)N1CCN(S(=O)(=O)c2ccccc2[N+](=O)[O-])CC1. The number of piperazine rings is 1. The Hall–Kier alpha value is -2.56. The van der Waals surface area contributed by atoms with Crippen LogP contribution in [0.2, 0.25) is 5.15 Å². The molecule has 1 amide bonds. The van der Waals surface area contributed by atoms with E-state index in [1.807, 2.05) is 0 Å². The number of nitrogens with zero attached hydrogens (tertiary/aromatic N) is 4. The maximum Gasteiger partial charge on any atom is 0.289 e. The number of rotatable bonds is 4. The molecule has 0 unspecified atom stereocenters. The molecule has 11 heteroatoms. The number of carbonyl (C=O) groups excluding carboxylic acids is 1. The molecule has 3 rings (SSSR count). The Morgan fingerprint density at radius 1 is 1.11 bits per heavy atom. The second kappa shape index (κ2) is 7.59. The molecule has 1 aliphatic heterocycles. The van der Waals surface area contributed by atoms with Gasteiger partial charge in [0.2, 0.25) is 10.0 Å². The number of aromatic nitrogens is 1. The van der Waals surface area contributed by atoms with Crippen LogP contribution in [0.1, 0.15) is 10.4 Å². The number of amides is 1. The molecule has 0 atom stereocenters. The van der Waals surface area contributed by atoms with Crippen LogP contribution in [-0.2, 0) is 10.0 Å². The van der Waals surface area contributed by atoms with E-state index in [0.717, 1.165) is 10.4 Å². The second-order valence-corrected chi connectivity index (χ2v) is 8.08. The molecule has 0 radical (unpaired) electrons. The Kier molecular flexibility index (Phi) is 5.40. The molecule has 1 saturated heterocycles. The lowest BCUT2D eigenvalue weighted by molar-refractivity contribution is -0.387. The molecule has 0 saturated carbocycles. The number of halogens is 1. The van der Waals surface area contributed by atoms with E-state index in [1.165, 1.54) is 35.4 Å². The van der Waals surface area contributed by atoms with Crippen molar-refractivity contribution >= 4 is 33.2 Å². The maximum atomic E-state index is 12.8. The topological polar surface area (TPSA) is 114 Å². The molecule has 142 valence electrons. The van der Waals surface area contributed by atoms with Gasteiger partial charge in [0, 0.05) is 38.4 Å². The summed E-state index contributed by atoms with van der Waals surface area (Å²) >= 11 is 5.71. The number of sulfonamides is 1. The number of para-hydroxylation sites is 1. The lowest BCUT2D eigenvalue weighted by Crippen LogP contribution is -2.50. The summed E-state index contributed by atoms with van der Waals surface area (Å²) in [5.41, 5.74) is -0.113.